The van der Waals surface area contributed by atoms with E-state index in [0.717, 1.165) is 57.3 Å². The fraction of sp³-hybridized carbons (Fsp3) is 0.800. The van der Waals surface area contributed by atoms with E-state index in [9.17, 15) is 0 Å². The predicted molar refractivity (Wildman–Crippen MR) is 127 cm³/mol. The minimum atomic E-state index is 0. The van der Waals surface area contributed by atoms with Gasteiger partial charge >= 0.3 is 0 Å². The Bertz CT molecular complexity index is 608. The molecule has 0 amide bonds. The average molecular weight is 506 g/mol. The number of hydrogen-bond acceptors (Lipinski definition) is 4. The van der Waals surface area contributed by atoms with Gasteiger partial charge in [0.25, 0.3) is 0 Å². The van der Waals surface area contributed by atoms with Crippen molar-refractivity contribution in [2.75, 3.05) is 32.8 Å². The number of halogens is 1. The summed E-state index contributed by atoms with van der Waals surface area (Å²) < 4.78 is 7.60. The fourth-order valence-electron chi connectivity index (χ4n) is 3.44. The minimum absolute atomic E-state index is 0. The Morgan fingerprint density at radius 1 is 1.29 bits per heavy atom. The van der Waals surface area contributed by atoms with Crippen molar-refractivity contribution in [1.29, 1.82) is 0 Å². The molecule has 1 aliphatic rings. The topological polar surface area (TPSA) is 66.7 Å². The van der Waals surface area contributed by atoms with Gasteiger partial charge in [-0.05, 0) is 47.5 Å². The second-order valence-corrected chi connectivity index (χ2v) is 7.65. The molecule has 162 valence electrons. The quantitative estimate of drug-likeness (QED) is 0.323. The molecule has 1 fully saturated rings. The van der Waals surface area contributed by atoms with Gasteiger partial charge in [-0.3, -0.25) is 4.68 Å². The van der Waals surface area contributed by atoms with Crippen LogP contribution >= 0.6 is 24.0 Å². The first-order valence-electron chi connectivity index (χ1n) is 10.3. The van der Waals surface area contributed by atoms with Crippen molar-refractivity contribution in [3.05, 3.63) is 17.0 Å². The molecule has 7 nitrogen and oxygen atoms in total. The Kier molecular flexibility index (Phi) is 11.4. The molecule has 0 aromatic carbocycles. The van der Waals surface area contributed by atoms with Gasteiger partial charge in [0.1, 0.15) is 0 Å². The molecule has 1 aromatic heterocycles. The molecular formula is C20H39IN6O. The Balaban J connectivity index is 0.00000392. The summed E-state index contributed by atoms with van der Waals surface area (Å²) in [7, 11) is 1.99. The lowest BCUT2D eigenvalue weighted by Crippen LogP contribution is -2.49. The van der Waals surface area contributed by atoms with Gasteiger partial charge in [-0.2, -0.15) is 5.10 Å². The zero-order valence-corrected chi connectivity index (χ0v) is 20.7. The van der Waals surface area contributed by atoms with E-state index < -0.39 is 0 Å². The van der Waals surface area contributed by atoms with Crippen LogP contribution in [0.2, 0.25) is 0 Å². The Labute approximate surface area is 187 Å². The number of ether oxygens (including phenoxy) is 1. The zero-order valence-electron chi connectivity index (χ0n) is 18.4. The van der Waals surface area contributed by atoms with Crippen molar-refractivity contribution in [3.8, 4) is 0 Å². The van der Waals surface area contributed by atoms with Crippen molar-refractivity contribution < 1.29 is 4.74 Å². The molecule has 1 saturated heterocycles. The number of piperidine rings is 1. The van der Waals surface area contributed by atoms with Crippen LogP contribution in [0.25, 0.3) is 0 Å². The van der Waals surface area contributed by atoms with Gasteiger partial charge in [0.15, 0.2) is 5.96 Å². The van der Waals surface area contributed by atoms with Gasteiger partial charge in [-0.25, -0.2) is 4.99 Å². The third-order valence-corrected chi connectivity index (χ3v) is 5.19. The van der Waals surface area contributed by atoms with Crippen LogP contribution in [-0.4, -0.2) is 65.6 Å². The zero-order chi connectivity index (χ0) is 19.8. The van der Waals surface area contributed by atoms with E-state index in [2.05, 4.69) is 55.3 Å². The molecule has 0 unspecified atom stereocenters. The van der Waals surface area contributed by atoms with E-state index in [4.69, 9.17) is 9.73 Å². The second-order valence-electron chi connectivity index (χ2n) is 7.65. The van der Waals surface area contributed by atoms with Crippen molar-refractivity contribution in [3.63, 3.8) is 0 Å². The molecule has 0 saturated carbocycles. The summed E-state index contributed by atoms with van der Waals surface area (Å²) >= 11 is 0. The Hall–Kier alpha value is -0.870. The predicted octanol–water partition coefficient (Wildman–Crippen LogP) is 2.60. The SMILES string of the molecule is CCNC(=NCc1c(C)nn(C)c1C)NC1CCN(CCOC(C)C)CC1.I. The standard InChI is InChI=1S/C20H38N6O.HI/c1-7-21-20(22-14-19-16(4)24-25(6)17(19)5)23-18-8-10-26(11-9-18)12-13-27-15(2)3;/h15,18H,7-14H2,1-6H3,(H2,21,22,23);1H. The number of aromatic nitrogens is 2. The monoisotopic (exact) mass is 506 g/mol. The van der Waals surface area contributed by atoms with Gasteiger partial charge in [-0.1, -0.05) is 0 Å². The normalized spacial score (nSPS) is 16.3. The summed E-state index contributed by atoms with van der Waals surface area (Å²) in [6, 6.07) is 0.473. The average Bonchev–Trinajstić information content (AvgIpc) is 2.86. The van der Waals surface area contributed by atoms with Crippen LogP contribution in [-0.2, 0) is 18.3 Å². The van der Waals surface area contributed by atoms with E-state index in [0.29, 0.717) is 18.7 Å². The van der Waals surface area contributed by atoms with Crippen molar-refractivity contribution >= 4 is 29.9 Å². The Morgan fingerprint density at radius 2 is 1.96 bits per heavy atom. The third kappa shape index (κ3) is 7.87. The minimum Gasteiger partial charge on any atom is -0.377 e. The van der Waals surface area contributed by atoms with E-state index in [-0.39, 0.29) is 24.0 Å². The first-order chi connectivity index (χ1) is 12.9. The highest BCUT2D eigenvalue weighted by Crippen LogP contribution is 2.13. The molecule has 8 heteroatoms. The smallest absolute Gasteiger partial charge is 0.191 e. The third-order valence-electron chi connectivity index (χ3n) is 5.19. The highest BCUT2D eigenvalue weighted by atomic mass is 127. The van der Waals surface area contributed by atoms with E-state index in [1.54, 1.807) is 0 Å². The molecule has 2 N–H and O–H groups in total. The number of aliphatic imine (C=N–C) groups is 1. The first-order valence-corrected chi connectivity index (χ1v) is 10.3. The molecule has 1 aromatic rings. The summed E-state index contributed by atoms with van der Waals surface area (Å²) in [5, 5.41) is 11.5. The van der Waals surface area contributed by atoms with Crippen LogP contribution in [0.5, 0.6) is 0 Å². The molecule has 0 aliphatic carbocycles. The first kappa shape index (κ1) is 25.2. The summed E-state index contributed by atoms with van der Waals surface area (Å²) in [6.07, 6.45) is 2.59. The van der Waals surface area contributed by atoms with Crippen LogP contribution < -0.4 is 10.6 Å². The molecular weight excluding hydrogens is 467 g/mol. The maximum Gasteiger partial charge on any atom is 0.191 e. The lowest BCUT2D eigenvalue weighted by molar-refractivity contribution is 0.0532. The number of likely N-dealkylation sites (tertiary alicyclic amines) is 1. The lowest BCUT2D eigenvalue weighted by Gasteiger charge is -2.33. The van der Waals surface area contributed by atoms with E-state index in [1.165, 1.54) is 11.3 Å². The molecule has 0 spiro atoms. The van der Waals surface area contributed by atoms with E-state index >= 15 is 0 Å². The number of rotatable bonds is 8. The highest BCUT2D eigenvalue weighted by molar-refractivity contribution is 14.0. The van der Waals surface area contributed by atoms with Gasteiger partial charge in [0.2, 0.25) is 0 Å². The number of hydrogen-bond donors (Lipinski definition) is 2. The van der Waals surface area contributed by atoms with Crippen LogP contribution in [0.15, 0.2) is 4.99 Å². The number of guanidine groups is 1. The summed E-state index contributed by atoms with van der Waals surface area (Å²) in [6.45, 7) is 16.0. The van der Waals surface area contributed by atoms with Crippen molar-refractivity contribution in [1.82, 2.24) is 25.3 Å². The summed E-state index contributed by atoms with van der Waals surface area (Å²) in [5.41, 5.74) is 3.46. The lowest BCUT2D eigenvalue weighted by atomic mass is 10.1. The fourth-order valence-corrected chi connectivity index (χ4v) is 3.44. The van der Waals surface area contributed by atoms with Crippen LogP contribution in [0, 0.1) is 13.8 Å². The van der Waals surface area contributed by atoms with Crippen molar-refractivity contribution in [2.45, 2.75) is 66.2 Å². The van der Waals surface area contributed by atoms with Crippen molar-refractivity contribution in [2.24, 2.45) is 12.0 Å². The van der Waals surface area contributed by atoms with Gasteiger partial charge in [0, 0.05) is 50.5 Å². The maximum atomic E-state index is 5.67. The molecule has 2 rings (SSSR count). The number of nitrogens with one attached hydrogen (secondary N) is 2. The highest BCUT2D eigenvalue weighted by Gasteiger charge is 2.20. The van der Waals surface area contributed by atoms with Gasteiger partial charge < -0.3 is 20.3 Å². The molecule has 28 heavy (non-hydrogen) atoms. The number of nitrogens with zero attached hydrogens (tertiary/aromatic N) is 4. The largest absolute Gasteiger partial charge is 0.377 e. The van der Waals surface area contributed by atoms with E-state index in [1.807, 2.05) is 11.7 Å². The van der Waals surface area contributed by atoms with Gasteiger partial charge in [-0.15, -0.1) is 24.0 Å². The maximum absolute atomic E-state index is 5.67. The molecule has 1 aliphatic heterocycles. The molecule has 0 atom stereocenters. The van der Waals surface area contributed by atoms with Crippen LogP contribution in [0.3, 0.4) is 0 Å². The molecule has 2 heterocycles. The Morgan fingerprint density at radius 3 is 2.50 bits per heavy atom. The van der Waals surface area contributed by atoms with Gasteiger partial charge in [0.05, 0.1) is 24.9 Å². The molecule has 0 radical (unpaired) electrons. The van der Waals surface area contributed by atoms with Crippen LogP contribution in [0.1, 0.15) is 50.6 Å². The second kappa shape index (κ2) is 12.6. The summed E-state index contributed by atoms with van der Waals surface area (Å²) in [4.78, 5) is 7.30. The number of aryl methyl sites for hydroxylation is 2. The molecule has 0 bridgehead atoms. The van der Waals surface area contributed by atoms with Crippen LogP contribution in [0.4, 0.5) is 0 Å². The summed E-state index contributed by atoms with van der Waals surface area (Å²) in [5.74, 6) is 0.904.